The van der Waals surface area contributed by atoms with Crippen molar-refractivity contribution in [2.24, 2.45) is 0 Å². The van der Waals surface area contributed by atoms with Gasteiger partial charge in [-0.3, -0.25) is 24.8 Å². The number of fused-ring (bicyclic) bond motifs is 1. The zero-order valence-electron chi connectivity index (χ0n) is 23.7. The van der Waals surface area contributed by atoms with Gasteiger partial charge >= 0.3 is 0 Å². The Hall–Kier alpha value is -3.82. The average molecular weight is 545 g/mol. The molecule has 40 heavy (non-hydrogen) atoms. The van der Waals surface area contributed by atoms with Crippen LogP contribution in [0.2, 0.25) is 0 Å². The number of hydrazine groups is 1. The van der Waals surface area contributed by atoms with Crippen LogP contribution >= 0.6 is 0 Å². The van der Waals surface area contributed by atoms with E-state index in [9.17, 15) is 14.4 Å². The fourth-order valence-electron chi connectivity index (χ4n) is 5.01. The number of aromatic nitrogens is 2. The quantitative estimate of drug-likeness (QED) is 0.192. The fraction of sp³-hybridized carbons (Fsp3) is 0.419. The number of unbranched alkanes of at least 4 members (excludes halogenated alkanes) is 2. The minimum absolute atomic E-state index is 0.122. The van der Waals surface area contributed by atoms with E-state index in [2.05, 4.69) is 20.7 Å². The number of nitrogens with one attached hydrogen (secondary N) is 3. The second-order valence-corrected chi connectivity index (χ2v) is 10.4. The SMILES string of the molecule is CCC(=O)CCCCC[C@H](NC(=O)c1cccc2c1C(=O)N(CCNN(C)C)C2)c1ncc(-c2ccccc2)[nH]1. The van der Waals surface area contributed by atoms with E-state index in [1.54, 1.807) is 17.2 Å². The van der Waals surface area contributed by atoms with Crippen LogP contribution in [0.25, 0.3) is 11.3 Å². The zero-order valence-corrected chi connectivity index (χ0v) is 23.7. The number of Topliss-reactive ketones (excluding diaryl/α,β-unsaturated/α-hetero) is 1. The molecule has 1 aliphatic rings. The third-order valence-corrected chi connectivity index (χ3v) is 7.23. The van der Waals surface area contributed by atoms with Gasteiger partial charge < -0.3 is 15.2 Å². The van der Waals surface area contributed by atoms with Crippen LogP contribution in [0.3, 0.4) is 0 Å². The first kappa shape index (κ1) is 29.2. The standard InChI is InChI=1S/C31H40N6O3/c1-4-24(38)15-9-6-10-17-26(29-32-20-27(34-29)22-12-7-5-8-13-22)35-30(39)25-16-11-14-23-21-37(31(40)28(23)25)19-18-33-36(2)3/h5,7-8,11-14,16,20,26,33H,4,6,9-10,15,17-19,21H2,1-3H3,(H,32,34)(H,35,39)/t26-/m0/s1. The van der Waals surface area contributed by atoms with Gasteiger partial charge in [0.2, 0.25) is 0 Å². The summed E-state index contributed by atoms with van der Waals surface area (Å²) in [7, 11) is 3.82. The second kappa shape index (κ2) is 14.0. The Morgan fingerprint density at radius 3 is 2.62 bits per heavy atom. The summed E-state index contributed by atoms with van der Waals surface area (Å²) < 4.78 is 0. The van der Waals surface area contributed by atoms with Gasteiger partial charge in [0.25, 0.3) is 11.8 Å². The average Bonchev–Trinajstić information content (AvgIpc) is 3.57. The minimum Gasteiger partial charge on any atom is -0.342 e. The molecule has 1 aliphatic heterocycles. The van der Waals surface area contributed by atoms with E-state index in [1.165, 1.54) is 0 Å². The third kappa shape index (κ3) is 7.43. The number of carbonyl (C=O) groups excluding carboxylic acids is 3. The summed E-state index contributed by atoms with van der Waals surface area (Å²) in [5, 5.41) is 5.01. The zero-order chi connectivity index (χ0) is 28.5. The summed E-state index contributed by atoms with van der Waals surface area (Å²) in [5.74, 6) is 0.537. The van der Waals surface area contributed by atoms with Crippen LogP contribution in [0.5, 0.6) is 0 Å². The summed E-state index contributed by atoms with van der Waals surface area (Å²) in [6.07, 6.45) is 6.16. The van der Waals surface area contributed by atoms with Gasteiger partial charge in [-0.25, -0.2) is 4.98 Å². The predicted octanol–water partition coefficient (Wildman–Crippen LogP) is 4.50. The highest BCUT2D eigenvalue weighted by molar-refractivity contribution is 6.09. The largest absolute Gasteiger partial charge is 0.342 e. The molecule has 2 heterocycles. The second-order valence-electron chi connectivity index (χ2n) is 10.4. The van der Waals surface area contributed by atoms with Gasteiger partial charge in [-0.2, -0.15) is 0 Å². The maximum atomic E-state index is 13.7. The predicted molar refractivity (Wildman–Crippen MR) is 155 cm³/mol. The van der Waals surface area contributed by atoms with Gasteiger partial charge in [-0.15, -0.1) is 0 Å². The number of imidazole rings is 1. The van der Waals surface area contributed by atoms with E-state index in [0.717, 1.165) is 36.1 Å². The molecule has 0 saturated heterocycles. The molecule has 3 N–H and O–H groups in total. The van der Waals surface area contributed by atoms with E-state index >= 15 is 0 Å². The van der Waals surface area contributed by atoms with Crippen LogP contribution < -0.4 is 10.7 Å². The molecular weight excluding hydrogens is 504 g/mol. The first-order valence-corrected chi connectivity index (χ1v) is 14.1. The van der Waals surface area contributed by atoms with Gasteiger partial charge in [-0.1, -0.05) is 62.2 Å². The van der Waals surface area contributed by atoms with Crippen molar-refractivity contribution in [3.8, 4) is 11.3 Å². The van der Waals surface area contributed by atoms with Crippen LogP contribution in [-0.4, -0.2) is 64.7 Å². The van der Waals surface area contributed by atoms with Gasteiger partial charge in [0.15, 0.2) is 0 Å². The molecular formula is C31H40N6O3. The number of hydrogen-bond acceptors (Lipinski definition) is 6. The summed E-state index contributed by atoms with van der Waals surface area (Å²) in [6, 6.07) is 15.0. The molecule has 212 valence electrons. The lowest BCUT2D eigenvalue weighted by atomic mass is 10.0. The van der Waals surface area contributed by atoms with Gasteiger partial charge in [0.1, 0.15) is 11.6 Å². The number of hydrogen-bond donors (Lipinski definition) is 3. The van der Waals surface area contributed by atoms with Crippen molar-refractivity contribution in [2.75, 3.05) is 27.2 Å². The van der Waals surface area contributed by atoms with Gasteiger partial charge in [0.05, 0.1) is 29.1 Å². The lowest BCUT2D eigenvalue weighted by molar-refractivity contribution is -0.118. The monoisotopic (exact) mass is 544 g/mol. The summed E-state index contributed by atoms with van der Waals surface area (Å²) >= 11 is 0. The fourth-order valence-corrected chi connectivity index (χ4v) is 5.01. The molecule has 0 fully saturated rings. The van der Waals surface area contributed by atoms with Crippen molar-refractivity contribution in [3.05, 3.63) is 77.2 Å². The smallest absolute Gasteiger partial charge is 0.255 e. The number of ketones is 1. The third-order valence-electron chi connectivity index (χ3n) is 7.23. The molecule has 1 aromatic heterocycles. The molecule has 3 aromatic rings. The molecule has 0 radical (unpaired) electrons. The minimum atomic E-state index is -0.361. The van der Waals surface area contributed by atoms with Gasteiger partial charge in [0, 0.05) is 46.6 Å². The number of carbonyl (C=O) groups is 3. The molecule has 0 spiro atoms. The molecule has 0 aliphatic carbocycles. The van der Waals surface area contributed by atoms with Crippen molar-refractivity contribution >= 4 is 17.6 Å². The Balaban J connectivity index is 1.49. The van der Waals surface area contributed by atoms with E-state index < -0.39 is 0 Å². The molecule has 4 rings (SSSR count). The molecule has 0 unspecified atom stereocenters. The molecule has 0 bridgehead atoms. The molecule has 9 heteroatoms. The highest BCUT2D eigenvalue weighted by Crippen LogP contribution is 2.28. The molecule has 1 atom stereocenters. The van der Waals surface area contributed by atoms with Crippen LogP contribution in [0.15, 0.2) is 54.7 Å². The number of rotatable bonds is 15. The summed E-state index contributed by atoms with van der Waals surface area (Å²) in [6.45, 7) is 3.55. The molecule has 2 amide bonds. The molecule has 0 saturated carbocycles. The van der Waals surface area contributed by atoms with Crippen LogP contribution in [0, 0.1) is 0 Å². The van der Waals surface area contributed by atoms with Crippen molar-refractivity contribution in [3.63, 3.8) is 0 Å². The van der Waals surface area contributed by atoms with E-state index in [1.807, 2.05) is 68.5 Å². The van der Waals surface area contributed by atoms with Crippen LogP contribution in [0.1, 0.15) is 83.6 Å². The Morgan fingerprint density at radius 1 is 1.07 bits per heavy atom. The lowest BCUT2D eigenvalue weighted by Crippen LogP contribution is -2.38. The highest BCUT2D eigenvalue weighted by Gasteiger charge is 2.32. The van der Waals surface area contributed by atoms with Crippen LogP contribution in [-0.2, 0) is 11.3 Å². The van der Waals surface area contributed by atoms with Crippen molar-refractivity contribution in [1.29, 1.82) is 0 Å². The number of benzene rings is 2. The topological polar surface area (TPSA) is 110 Å². The van der Waals surface area contributed by atoms with Crippen molar-refractivity contribution < 1.29 is 14.4 Å². The van der Waals surface area contributed by atoms with E-state index in [0.29, 0.717) is 55.8 Å². The summed E-state index contributed by atoms with van der Waals surface area (Å²) in [4.78, 5) is 48.4. The first-order chi connectivity index (χ1) is 19.4. The maximum absolute atomic E-state index is 13.7. The van der Waals surface area contributed by atoms with Crippen molar-refractivity contribution in [1.82, 2.24) is 30.6 Å². The Bertz CT molecular complexity index is 1300. The molecule has 2 aromatic carbocycles. The highest BCUT2D eigenvalue weighted by atomic mass is 16.2. The van der Waals surface area contributed by atoms with Gasteiger partial charge in [-0.05, 0) is 30.0 Å². The number of nitrogens with zero attached hydrogens (tertiary/aromatic N) is 3. The maximum Gasteiger partial charge on any atom is 0.255 e. The van der Waals surface area contributed by atoms with E-state index in [-0.39, 0.29) is 23.6 Å². The Labute approximate surface area is 236 Å². The molecule has 9 nitrogen and oxygen atoms in total. The van der Waals surface area contributed by atoms with Crippen LogP contribution in [0.4, 0.5) is 0 Å². The number of amides is 2. The number of aromatic amines is 1. The number of H-pyrrole nitrogens is 1. The first-order valence-electron chi connectivity index (χ1n) is 14.1. The summed E-state index contributed by atoms with van der Waals surface area (Å²) in [5.41, 5.74) is 6.80. The normalized spacial score (nSPS) is 13.5. The lowest BCUT2D eigenvalue weighted by Gasteiger charge is -2.19. The van der Waals surface area contributed by atoms with Crippen molar-refractivity contribution in [2.45, 2.75) is 58.0 Å². The Kier molecular flexibility index (Phi) is 10.2. The van der Waals surface area contributed by atoms with E-state index in [4.69, 9.17) is 0 Å². The Morgan fingerprint density at radius 2 is 1.88 bits per heavy atom.